The van der Waals surface area contributed by atoms with E-state index < -0.39 is 70.5 Å². The summed E-state index contributed by atoms with van der Waals surface area (Å²) in [5, 5.41) is 69.1. The molecule has 7 N–H and O–H groups in total. The minimum atomic E-state index is -2.00. The summed E-state index contributed by atoms with van der Waals surface area (Å²) < 4.78 is 16.1. The molecule has 0 spiro atoms. The lowest BCUT2D eigenvalue weighted by Gasteiger charge is -2.38. The van der Waals surface area contributed by atoms with E-state index in [1.165, 1.54) is 24.3 Å². The zero-order valence-corrected chi connectivity index (χ0v) is 16.5. The second-order valence-corrected chi connectivity index (χ2v) is 7.30. The Bertz CT molecular complexity index is 1280. The number of para-hydroxylation sites is 1. The highest BCUT2D eigenvalue weighted by molar-refractivity contribution is 5.88. The summed E-state index contributed by atoms with van der Waals surface area (Å²) in [5.41, 5.74) is -1.35. The Morgan fingerprint density at radius 3 is 2.30 bits per heavy atom. The van der Waals surface area contributed by atoms with Crippen LogP contribution in [0.2, 0.25) is 0 Å². The fourth-order valence-electron chi connectivity index (χ4n) is 3.48. The SMILES string of the molecule is O=C(O)[C@H]1OC(Oc2c(-c3ccccc3O)oc3cc(O)cc(O)c3c2=O)[C@H](O)[C@@H](O)[C@@H]1O. The first-order chi connectivity index (χ1) is 15.6. The Hall–Kier alpha value is -3.84. The summed E-state index contributed by atoms with van der Waals surface area (Å²) in [6.45, 7) is 0. The van der Waals surface area contributed by atoms with Crippen molar-refractivity contribution in [2.24, 2.45) is 0 Å². The van der Waals surface area contributed by atoms with E-state index in [0.717, 1.165) is 12.1 Å². The number of aliphatic hydroxyl groups excluding tert-OH is 3. The number of carboxylic acids is 1. The van der Waals surface area contributed by atoms with Crippen LogP contribution in [0.3, 0.4) is 0 Å². The number of rotatable bonds is 4. The highest BCUT2D eigenvalue weighted by Crippen LogP contribution is 2.39. The minimum absolute atomic E-state index is 0.0602. The van der Waals surface area contributed by atoms with E-state index in [1.54, 1.807) is 0 Å². The molecule has 1 saturated heterocycles. The Labute approximate surface area is 183 Å². The van der Waals surface area contributed by atoms with Gasteiger partial charge in [-0.25, -0.2) is 4.79 Å². The molecular weight excluding hydrogens is 444 g/mol. The van der Waals surface area contributed by atoms with Crippen molar-refractivity contribution >= 4 is 16.9 Å². The minimum Gasteiger partial charge on any atom is -0.508 e. The van der Waals surface area contributed by atoms with Crippen LogP contribution in [0.5, 0.6) is 23.0 Å². The lowest BCUT2D eigenvalue weighted by atomic mass is 9.99. The molecule has 1 aliphatic rings. The van der Waals surface area contributed by atoms with Crippen molar-refractivity contribution in [1.82, 2.24) is 0 Å². The van der Waals surface area contributed by atoms with Gasteiger partial charge in [-0.3, -0.25) is 4.79 Å². The summed E-state index contributed by atoms with van der Waals surface area (Å²) in [7, 11) is 0. The topological polar surface area (TPSA) is 207 Å². The van der Waals surface area contributed by atoms with Crippen LogP contribution in [-0.4, -0.2) is 72.4 Å². The van der Waals surface area contributed by atoms with E-state index in [4.69, 9.17) is 13.9 Å². The van der Waals surface area contributed by atoms with Gasteiger partial charge in [-0.15, -0.1) is 0 Å². The van der Waals surface area contributed by atoms with E-state index >= 15 is 0 Å². The van der Waals surface area contributed by atoms with E-state index in [9.17, 15) is 45.3 Å². The molecule has 4 rings (SSSR count). The number of phenols is 3. The van der Waals surface area contributed by atoms with Gasteiger partial charge in [0.05, 0.1) is 5.56 Å². The number of benzene rings is 2. The Balaban J connectivity index is 1.91. The Morgan fingerprint density at radius 1 is 0.939 bits per heavy atom. The molecule has 12 heteroatoms. The zero-order valence-electron chi connectivity index (χ0n) is 16.5. The number of phenolic OH excluding ortho intramolecular Hbond substituents is 3. The van der Waals surface area contributed by atoms with Crippen LogP contribution in [0, 0.1) is 0 Å². The van der Waals surface area contributed by atoms with Crippen molar-refractivity contribution in [2.45, 2.75) is 30.7 Å². The second kappa shape index (κ2) is 8.26. The number of carboxylic acid groups (broad SMARTS) is 1. The molecule has 5 atom stereocenters. The average Bonchev–Trinajstić information content (AvgIpc) is 2.75. The van der Waals surface area contributed by atoms with Gasteiger partial charge in [-0.2, -0.15) is 0 Å². The quantitative estimate of drug-likeness (QED) is 0.270. The molecule has 3 aromatic rings. The fourth-order valence-corrected chi connectivity index (χ4v) is 3.48. The maximum atomic E-state index is 13.2. The van der Waals surface area contributed by atoms with Gasteiger partial charge in [0.2, 0.25) is 17.5 Å². The van der Waals surface area contributed by atoms with Crippen LogP contribution in [0.25, 0.3) is 22.3 Å². The van der Waals surface area contributed by atoms with Crippen molar-refractivity contribution in [2.75, 3.05) is 0 Å². The second-order valence-electron chi connectivity index (χ2n) is 7.30. The molecule has 2 heterocycles. The van der Waals surface area contributed by atoms with Crippen LogP contribution in [0.15, 0.2) is 45.6 Å². The Kier molecular flexibility index (Phi) is 5.59. The number of fused-ring (bicyclic) bond motifs is 1. The van der Waals surface area contributed by atoms with Gasteiger partial charge in [-0.05, 0) is 12.1 Å². The predicted molar refractivity (Wildman–Crippen MR) is 108 cm³/mol. The van der Waals surface area contributed by atoms with Crippen LogP contribution in [-0.2, 0) is 9.53 Å². The normalized spacial score (nSPS) is 25.1. The zero-order chi connectivity index (χ0) is 24.0. The van der Waals surface area contributed by atoms with E-state index in [-0.39, 0.29) is 16.9 Å². The number of hydrogen-bond donors (Lipinski definition) is 7. The fraction of sp³-hybridized carbons (Fsp3) is 0.238. The summed E-state index contributed by atoms with van der Waals surface area (Å²) >= 11 is 0. The van der Waals surface area contributed by atoms with Crippen molar-refractivity contribution < 1.29 is 54.4 Å². The van der Waals surface area contributed by atoms with Crippen LogP contribution in [0.4, 0.5) is 0 Å². The van der Waals surface area contributed by atoms with Gasteiger partial charge in [-0.1, -0.05) is 12.1 Å². The number of aliphatic hydroxyl groups is 3. The highest BCUT2D eigenvalue weighted by Gasteiger charge is 2.48. The van der Waals surface area contributed by atoms with Gasteiger partial charge >= 0.3 is 5.97 Å². The third-order valence-corrected chi connectivity index (χ3v) is 5.11. The molecule has 33 heavy (non-hydrogen) atoms. The summed E-state index contributed by atoms with van der Waals surface area (Å²) in [6.07, 6.45) is -9.95. The van der Waals surface area contributed by atoms with Crippen molar-refractivity contribution in [3.8, 4) is 34.3 Å². The smallest absolute Gasteiger partial charge is 0.335 e. The molecule has 2 aromatic carbocycles. The summed E-state index contributed by atoms with van der Waals surface area (Å²) in [5.74, 6) is -4.22. The average molecular weight is 462 g/mol. The maximum absolute atomic E-state index is 13.2. The molecule has 0 bridgehead atoms. The first-order valence-electron chi connectivity index (χ1n) is 9.50. The van der Waals surface area contributed by atoms with Crippen molar-refractivity contribution in [3.05, 3.63) is 46.6 Å². The van der Waals surface area contributed by atoms with Gasteiger partial charge in [0.1, 0.15) is 46.5 Å². The molecule has 0 radical (unpaired) electrons. The lowest BCUT2D eigenvalue weighted by Crippen LogP contribution is -2.61. The third kappa shape index (κ3) is 3.81. The molecular formula is C21H18O12. The van der Waals surface area contributed by atoms with Gasteiger partial charge in [0, 0.05) is 12.1 Å². The van der Waals surface area contributed by atoms with Gasteiger partial charge in [0.15, 0.2) is 11.9 Å². The number of carbonyl (C=O) groups is 1. The summed E-state index contributed by atoms with van der Waals surface area (Å²) in [4.78, 5) is 24.6. The number of hydrogen-bond acceptors (Lipinski definition) is 11. The first kappa shape index (κ1) is 22.4. The van der Waals surface area contributed by atoms with Gasteiger partial charge < -0.3 is 49.6 Å². The van der Waals surface area contributed by atoms with Crippen LogP contribution >= 0.6 is 0 Å². The molecule has 1 fully saturated rings. The highest BCUT2D eigenvalue weighted by atomic mass is 16.7. The van der Waals surface area contributed by atoms with Gasteiger partial charge in [0.25, 0.3) is 0 Å². The van der Waals surface area contributed by atoms with E-state index in [1.807, 2.05) is 0 Å². The number of aliphatic carboxylic acids is 1. The van der Waals surface area contributed by atoms with E-state index in [0.29, 0.717) is 0 Å². The van der Waals surface area contributed by atoms with Crippen molar-refractivity contribution in [3.63, 3.8) is 0 Å². The molecule has 1 aliphatic heterocycles. The van der Waals surface area contributed by atoms with Crippen LogP contribution in [0.1, 0.15) is 0 Å². The lowest BCUT2D eigenvalue weighted by molar-refractivity contribution is -0.271. The standard InChI is InChI=1S/C21H18O12/c22-7-5-10(24)12-11(6-7)31-17(8-3-1-2-4-9(8)23)18(13(12)25)32-21-16(28)14(26)15(27)19(33-21)20(29)30/h1-6,14-16,19,21-24,26-28H,(H,29,30)/t14-,15-,16+,19-,21?/m0/s1. The molecule has 12 nitrogen and oxygen atoms in total. The van der Waals surface area contributed by atoms with Crippen LogP contribution < -0.4 is 10.2 Å². The Morgan fingerprint density at radius 2 is 1.64 bits per heavy atom. The molecule has 0 saturated carbocycles. The molecule has 1 unspecified atom stereocenters. The monoisotopic (exact) mass is 462 g/mol. The molecule has 1 aromatic heterocycles. The van der Waals surface area contributed by atoms with Crippen molar-refractivity contribution in [1.29, 1.82) is 0 Å². The summed E-state index contributed by atoms with van der Waals surface area (Å²) in [6, 6.07) is 7.52. The third-order valence-electron chi connectivity index (χ3n) is 5.11. The number of aromatic hydroxyl groups is 3. The molecule has 0 amide bonds. The molecule has 0 aliphatic carbocycles. The molecule has 174 valence electrons. The maximum Gasteiger partial charge on any atom is 0.335 e. The first-order valence-corrected chi connectivity index (χ1v) is 9.50. The number of ether oxygens (including phenoxy) is 2. The largest absolute Gasteiger partial charge is 0.508 e. The van der Waals surface area contributed by atoms with E-state index in [2.05, 4.69) is 0 Å². The predicted octanol–water partition coefficient (Wildman–Crippen LogP) is -0.152.